The molecule has 0 bridgehead atoms. The highest BCUT2D eigenvalue weighted by Gasteiger charge is 2.39. The van der Waals surface area contributed by atoms with Crippen LogP contribution in [0.25, 0.3) is 0 Å². The maximum atomic E-state index is 12.1. The first-order chi connectivity index (χ1) is 9.26. The lowest BCUT2D eigenvalue weighted by Crippen LogP contribution is -2.36. The van der Waals surface area contributed by atoms with Crippen molar-refractivity contribution in [2.24, 2.45) is 0 Å². The summed E-state index contributed by atoms with van der Waals surface area (Å²) >= 11 is 5.85. The smallest absolute Gasteiger partial charge is 0.435 e. The van der Waals surface area contributed by atoms with E-state index in [1.54, 1.807) is 45.0 Å². The number of hydrogen-bond donors (Lipinski definition) is 1. The number of halogens is 1. The van der Waals surface area contributed by atoms with Crippen LogP contribution >= 0.6 is 11.6 Å². The summed E-state index contributed by atoms with van der Waals surface area (Å²) in [5.74, 6) is 0. The third-order valence-electron chi connectivity index (χ3n) is 2.77. The highest BCUT2D eigenvalue weighted by molar-refractivity contribution is 6.30. The fourth-order valence-corrected chi connectivity index (χ4v) is 2.09. The Bertz CT molecular complexity index is 483. The van der Waals surface area contributed by atoms with E-state index in [9.17, 15) is 9.90 Å². The molecule has 110 valence electrons. The van der Waals surface area contributed by atoms with Gasteiger partial charge in [0.15, 0.2) is 6.29 Å². The molecule has 1 aliphatic rings. The minimum absolute atomic E-state index is 0.293. The van der Waals surface area contributed by atoms with Crippen molar-refractivity contribution in [1.82, 2.24) is 5.06 Å². The summed E-state index contributed by atoms with van der Waals surface area (Å²) in [5, 5.41) is 11.3. The zero-order valence-electron chi connectivity index (χ0n) is 11.7. The molecule has 1 fully saturated rings. The molecular weight excluding hydrogens is 282 g/mol. The van der Waals surface area contributed by atoms with Gasteiger partial charge in [-0.3, -0.25) is 0 Å². The third-order valence-corrected chi connectivity index (χ3v) is 3.02. The summed E-state index contributed by atoms with van der Waals surface area (Å²) in [4.78, 5) is 17.2. The molecule has 1 N–H and O–H groups in total. The van der Waals surface area contributed by atoms with Crippen molar-refractivity contribution < 1.29 is 19.5 Å². The van der Waals surface area contributed by atoms with E-state index < -0.39 is 24.0 Å². The van der Waals surface area contributed by atoms with Crippen LogP contribution in [0, 0.1) is 0 Å². The molecule has 0 saturated carbocycles. The van der Waals surface area contributed by atoms with Crippen LogP contribution in [-0.4, -0.2) is 28.2 Å². The van der Waals surface area contributed by atoms with Crippen molar-refractivity contribution in [1.29, 1.82) is 0 Å². The first-order valence-electron chi connectivity index (χ1n) is 6.39. The fraction of sp³-hybridized carbons (Fsp3) is 0.500. The topological polar surface area (TPSA) is 59.0 Å². The standard InChI is InChI=1S/C14H18ClNO4/c1-14(2,3)19-13(18)16-11(8-12(17)20-16)9-4-6-10(15)7-5-9/h4-7,11-12,17H,8H2,1-3H3/t11-,12-/m0/s1. The number of hydrogen-bond acceptors (Lipinski definition) is 4. The summed E-state index contributed by atoms with van der Waals surface area (Å²) in [6.45, 7) is 5.32. The molecule has 1 aliphatic heterocycles. The number of ether oxygens (including phenoxy) is 1. The number of aliphatic hydroxyl groups is 1. The van der Waals surface area contributed by atoms with Crippen molar-refractivity contribution in [2.75, 3.05) is 0 Å². The van der Waals surface area contributed by atoms with Gasteiger partial charge in [-0.2, -0.15) is 5.06 Å². The SMILES string of the molecule is CC(C)(C)OC(=O)N1O[C@H](O)C[C@H]1c1ccc(Cl)cc1. The van der Waals surface area contributed by atoms with Crippen molar-refractivity contribution >= 4 is 17.7 Å². The van der Waals surface area contributed by atoms with E-state index in [0.29, 0.717) is 11.4 Å². The highest BCUT2D eigenvalue weighted by atomic mass is 35.5. The van der Waals surface area contributed by atoms with Crippen LogP contribution in [0.5, 0.6) is 0 Å². The van der Waals surface area contributed by atoms with Crippen molar-refractivity contribution in [3.63, 3.8) is 0 Å². The molecule has 20 heavy (non-hydrogen) atoms. The predicted molar refractivity (Wildman–Crippen MR) is 74.0 cm³/mol. The maximum Gasteiger partial charge on any atom is 0.435 e. The lowest BCUT2D eigenvalue weighted by Gasteiger charge is -2.27. The van der Waals surface area contributed by atoms with Crippen molar-refractivity contribution in [3.05, 3.63) is 34.9 Å². The van der Waals surface area contributed by atoms with E-state index in [1.807, 2.05) is 0 Å². The molecule has 1 saturated heterocycles. The molecule has 0 unspecified atom stereocenters. The molecule has 6 heteroatoms. The number of aliphatic hydroxyl groups excluding tert-OH is 1. The molecule has 2 rings (SSSR count). The Hall–Kier alpha value is -1.30. The molecular formula is C14H18ClNO4. The molecule has 1 aromatic rings. The van der Waals surface area contributed by atoms with Crippen molar-refractivity contribution in [2.45, 2.75) is 45.1 Å². The minimum Gasteiger partial charge on any atom is -0.442 e. The Balaban J connectivity index is 2.18. The van der Waals surface area contributed by atoms with E-state index in [-0.39, 0.29) is 0 Å². The van der Waals surface area contributed by atoms with E-state index in [0.717, 1.165) is 10.6 Å². The van der Waals surface area contributed by atoms with Crippen molar-refractivity contribution in [3.8, 4) is 0 Å². The number of hydroxylamine groups is 2. The Labute approximate surface area is 123 Å². The van der Waals surface area contributed by atoms with Gasteiger partial charge in [-0.05, 0) is 38.5 Å². The molecule has 0 aromatic heterocycles. The van der Waals surface area contributed by atoms with E-state index in [1.165, 1.54) is 0 Å². The quantitative estimate of drug-likeness (QED) is 0.864. The fourth-order valence-electron chi connectivity index (χ4n) is 1.97. The van der Waals surface area contributed by atoms with Crippen LogP contribution in [0.3, 0.4) is 0 Å². The molecule has 0 spiro atoms. The normalized spacial score (nSPS) is 22.9. The van der Waals surface area contributed by atoms with Gasteiger partial charge in [0.2, 0.25) is 0 Å². The highest BCUT2D eigenvalue weighted by Crippen LogP contribution is 2.34. The lowest BCUT2D eigenvalue weighted by molar-refractivity contribution is -0.207. The van der Waals surface area contributed by atoms with Gasteiger partial charge >= 0.3 is 6.09 Å². The Kier molecular flexibility index (Phi) is 4.22. The Morgan fingerprint density at radius 2 is 2.00 bits per heavy atom. The lowest BCUT2D eigenvalue weighted by atomic mass is 10.0. The average molecular weight is 300 g/mol. The number of nitrogens with zero attached hydrogens (tertiary/aromatic N) is 1. The second-order valence-electron chi connectivity index (χ2n) is 5.67. The molecule has 5 nitrogen and oxygen atoms in total. The number of rotatable bonds is 1. The molecule has 1 heterocycles. The molecule has 2 atom stereocenters. The predicted octanol–water partition coefficient (Wildman–Crippen LogP) is 3.27. The number of carbonyl (C=O) groups excluding carboxylic acids is 1. The molecule has 0 radical (unpaired) electrons. The summed E-state index contributed by atoms with van der Waals surface area (Å²) in [5.41, 5.74) is 0.204. The average Bonchev–Trinajstić information content (AvgIpc) is 2.70. The van der Waals surface area contributed by atoms with Crippen LogP contribution in [0.4, 0.5) is 4.79 Å². The summed E-state index contributed by atoms with van der Waals surface area (Å²) in [7, 11) is 0. The maximum absolute atomic E-state index is 12.1. The summed E-state index contributed by atoms with van der Waals surface area (Å²) in [6.07, 6.45) is -1.35. The van der Waals surface area contributed by atoms with E-state index >= 15 is 0 Å². The van der Waals surface area contributed by atoms with E-state index in [2.05, 4.69) is 0 Å². The monoisotopic (exact) mass is 299 g/mol. The Morgan fingerprint density at radius 1 is 1.40 bits per heavy atom. The second kappa shape index (κ2) is 5.60. The van der Waals surface area contributed by atoms with Crippen LogP contribution in [0.2, 0.25) is 5.02 Å². The van der Waals surface area contributed by atoms with Crippen LogP contribution in [-0.2, 0) is 9.57 Å². The van der Waals surface area contributed by atoms with Gasteiger partial charge in [-0.1, -0.05) is 23.7 Å². The third kappa shape index (κ3) is 3.62. The minimum atomic E-state index is -1.02. The molecule has 0 aliphatic carbocycles. The van der Waals surface area contributed by atoms with Gasteiger partial charge in [-0.15, -0.1) is 0 Å². The summed E-state index contributed by atoms with van der Waals surface area (Å²) < 4.78 is 5.27. The van der Waals surface area contributed by atoms with Gasteiger partial charge in [0.1, 0.15) is 5.60 Å². The van der Waals surface area contributed by atoms with E-state index in [4.69, 9.17) is 21.2 Å². The molecule has 1 amide bonds. The first kappa shape index (κ1) is 15.1. The van der Waals surface area contributed by atoms with Gasteiger partial charge in [0.05, 0.1) is 6.04 Å². The van der Waals surface area contributed by atoms with Gasteiger partial charge in [-0.25, -0.2) is 9.63 Å². The molecule has 1 aromatic carbocycles. The second-order valence-corrected chi connectivity index (χ2v) is 6.11. The van der Waals surface area contributed by atoms with Crippen LogP contribution in [0.15, 0.2) is 24.3 Å². The van der Waals surface area contributed by atoms with Crippen LogP contribution < -0.4 is 0 Å². The first-order valence-corrected chi connectivity index (χ1v) is 6.76. The Morgan fingerprint density at radius 3 is 2.55 bits per heavy atom. The largest absolute Gasteiger partial charge is 0.442 e. The number of carbonyl (C=O) groups is 1. The van der Waals surface area contributed by atoms with Gasteiger partial charge in [0.25, 0.3) is 0 Å². The number of benzene rings is 1. The zero-order chi connectivity index (χ0) is 14.9. The van der Waals surface area contributed by atoms with Gasteiger partial charge in [0, 0.05) is 11.4 Å². The van der Waals surface area contributed by atoms with Gasteiger partial charge < -0.3 is 9.84 Å². The zero-order valence-corrected chi connectivity index (χ0v) is 12.4. The number of amides is 1. The summed E-state index contributed by atoms with van der Waals surface area (Å²) in [6, 6.07) is 6.67. The van der Waals surface area contributed by atoms with Crippen LogP contribution in [0.1, 0.15) is 38.8 Å².